The zero-order valence-electron chi connectivity index (χ0n) is 19.3. The minimum atomic E-state index is -0.484. The molecule has 0 unspecified atom stereocenters. The first-order valence-electron chi connectivity index (χ1n) is 11.5. The smallest absolute Gasteiger partial charge is 0.284 e. The molecule has 0 N–H and O–H groups in total. The van der Waals surface area contributed by atoms with Gasteiger partial charge in [-0.05, 0) is 36.7 Å². The van der Waals surface area contributed by atoms with Gasteiger partial charge in [-0.15, -0.1) is 10.2 Å². The van der Waals surface area contributed by atoms with Crippen molar-refractivity contribution in [3.8, 4) is 0 Å². The van der Waals surface area contributed by atoms with Crippen molar-refractivity contribution in [2.24, 2.45) is 7.05 Å². The molecule has 1 aromatic heterocycles. The van der Waals surface area contributed by atoms with Crippen LogP contribution in [0.2, 0.25) is 0 Å². The van der Waals surface area contributed by atoms with Crippen LogP contribution in [0.5, 0.6) is 0 Å². The predicted molar refractivity (Wildman–Crippen MR) is 126 cm³/mol. The number of nitro groups is 1. The Bertz CT molecular complexity index is 1040. The molecule has 182 valence electrons. The molecule has 2 amide bonds. The fourth-order valence-corrected chi connectivity index (χ4v) is 5.10. The Labute approximate surface area is 202 Å². The molecule has 0 atom stereocenters. The Morgan fingerprint density at radius 2 is 1.74 bits per heavy atom. The normalized spacial score (nSPS) is 17.4. The van der Waals surface area contributed by atoms with E-state index in [4.69, 9.17) is 0 Å². The number of benzene rings is 1. The molecular weight excluding hydrogens is 458 g/mol. The van der Waals surface area contributed by atoms with Gasteiger partial charge in [-0.1, -0.05) is 12.8 Å². The van der Waals surface area contributed by atoms with Crippen LogP contribution in [0.25, 0.3) is 0 Å². The highest BCUT2D eigenvalue weighted by atomic mass is 32.2. The van der Waals surface area contributed by atoms with E-state index in [1.165, 1.54) is 25.2 Å². The number of carbonyl (C=O) groups excluding carboxylic acids is 2. The molecule has 2 aliphatic heterocycles. The van der Waals surface area contributed by atoms with E-state index in [2.05, 4.69) is 15.1 Å². The molecule has 0 radical (unpaired) electrons. The van der Waals surface area contributed by atoms with E-state index in [1.807, 2.05) is 4.90 Å². The second-order valence-electron chi connectivity index (χ2n) is 8.63. The van der Waals surface area contributed by atoms with Crippen molar-refractivity contribution in [3.05, 3.63) is 40.2 Å². The minimum Gasteiger partial charge on any atom is -0.342 e. The average Bonchev–Trinajstić information content (AvgIpc) is 3.06. The fourth-order valence-electron chi connectivity index (χ4n) is 4.25. The van der Waals surface area contributed by atoms with Gasteiger partial charge in [0.05, 0.1) is 16.4 Å². The molecule has 2 aliphatic rings. The predicted octanol–water partition coefficient (Wildman–Crippen LogP) is 2.03. The zero-order chi connectivity index (χ0) is 24.1. The maximum Gasteiger partial charge on any atom is 0.284 e. The van der Waals surface area contributed by atoms with Gasteiger partial charge in [-0.25, -0.2) is 0 Å². The maximum absolute atomic E-state index is 13.0. The largest absolute Gasteiger partial charge is 0.342 e. The van der Waals surface area contributed by atoms with Gasteiger partial charge in [0.2, 0.25) is 5.91 Å². The number of nitro benzene ring substituents is 1. The van der Waals surface area contributed by atoms with E-state index >= 15 is 0 Å². The summed E-state index contributed by atoms with van der Waals surface area (Å²) in [6, 6.07) is 4.53. The lowest BCUT2D eigenvalue weighted by Gasteiger charge is -2.35. The van der Waals surface area contributed by atoms with Crippen LogP contribution < -0.4 is 0 Å². The van der Waals surface area contributed by atoms with Crippen LogP contribution in [0.3, 0.4) is 0 Å². The SMILES string of the molecule is Cn1cnnc1Sc1ccc(C(=O)N2CCN(CC(=O)N3CCCCCC3)CC2)cc1[N+](=O)[O-]. The maximum atomic E-state index is 13.0. The molecule has 11 nitrogen and oxygen atoms in total. The van der Waals surface area contributed by atoms with E-state index in [9.17, 15) is 19.7 Å². The second kappa shape index (κ2) is 11.0. The third-order valence-corrected chi connectivity index (χ3v) is 7.37. The van der Waals surface area contributed by atoms with Gasteiger partial charge in [-0.2, -0.15) is 0 Å². The van der Waals surface area contributed by atoms with Crippen LogP contribution in [0.1, 0.15) is 36.0 Å². The van der Waals surface area contributed by atoms with Crippen LogP contribution in [0.4, 0.5) is 5.69 Å². The first kappa shape index (κ1) is 24.1. The van der Waals surface area contributed by atoms with Crippen LogP contribution in [-0.4, -0.2) is 92.0 Å². The highest BCUT2D eigenvalue weighted by Crippen LogP contribution is 2.34. The number of amides is 2. The molecular formula is C22H29N7O4S. The lowest BCUT2D eigenvalue weighted by molar-refractivity contribution is -0.387. The van der Waals surface area contributed by atoms with Gasteiger partial charge in [0.25, 0.3) is 11.6 Å². The third kappa shape index (κ3) is 5.73. The number of piperazine rings is 1. The van der Waals surface area contributed by atoms with Crippen molar-refractivity contribution in [3.63, 3.8) is 0 Å². The van der Waals surface area contributed by atoms with Crippen LogP contribution in [0.15, 0.2) is 34.6 Å². The molecule has 12 heteroatoms. The Morgan fingerprint density at radius 1 is 1.03 bits per heavy atom. The van der Waals surface area contributed by atoms with Gasteiger partial charge < -0.3 is 14.4 Å². The molecule has 4 rings (SSSR count). The molecule has 2 fully saturated rings. The van der Waals surface area contributed by atoms with E-state index in [-0.39, 0.29) is 23.1 Å². The number of aryl methyl sites for hydroxylation is 1. The molecule has 0 bridgehead atoms. The first-order valence-corrected chi connectivity index (χ1v) is 12.3. The molecule has 2 aromatic rings. The van der Waals surface area contributed by atoms with Crippen LogP contribution in [-0.2, 0) is 11.8 Å². The summed E-state index contributed by atoms with van der Waals surface area (Å²) >= 11 is 1.13. The molecule has 0 spiro atoms. The Morgan fingerprint density at radius 3 is 2.35 bits per heavy atom. The highest BCUT2D eigenvalue weighted by Gasteiger charge is 2.27. The van der Waals surface area contributed by atoms with Crippen molar-refractivity contribution in [2.45, 2.75) is 35.7 Å². The van der Waals surface area contributed by atoms with E-state index in [0.717, 1.165) is 37.7 Å². The summed E-state index contributed by atoms with van der Waals surface area (Å²) in [4.78, 5) is 43.0. The topological polar surface area (TPSA) is 118 Å². The summed E-state index contributed by atoms with van der Waals surface area (Å²) in [5.74, 6) is -0.0786. The second-order valence-corrected chi connectivity index (χ2v) is 9.64. The van der Waals surface area contributed by atoms with Crippen LogP contribution in [0, 0.1) is 10.1 Å². The van der Waals surface area contributed by atoms with Crippen molar-refractivity contribution in [1.29, 1.82) is 0 Å². The lowest BCUT2D eigenvalue weighted by atomic mass is 10.1. The molecule has 1 aromatic carbocycles. The summed E-state index contributed by atoms with van der Waals surface area (Å²) < 4.78 is 1.67. The first-order chi connectivity index (χ1) is 16.4. The van der Waals surface area contributed by atoms with Gasteiger partial charge in [0, 0.05) is 57.9 Å². The van der Waals surface area contributed by atoms with Gasteiger partial charge in [-0.3, -0.25) is 24.6 Å². The quantitative estimate of drug-likeness (QED) is 0.449. The van der Waals surface area contributed by atoms with Gasteiger partial charge >= 0.3 is 0 Å². The Balaban J connectivity index is 1.36. The molecule has 2 saturated heterocycles. The summed E-state index contributed by atoms with van der Waals surface area (Å²) in [5.41, 5.74) is 0.142. The number of rotatable bonds is 6. The lowest BCUT2D eigenvalue weighted by Crippen LogP contribution is -2.51. The number of aromatic nitrogens is 3. The summed E-state index contributed by atoms with van der Waals surface area (Å²) in [7, 11) is 1.76. The zero-order valence-corrected chi connectivity index (χ0v) is 20.1. The summed E-state index contributed by atoms with van der Waals surface area (Å²) in [6.07, 6.45) is 6.02. The molecule has 0 aliphatic carbocycles. The van der Waals surface area contributed by atoms with E-state index < -0.39 is 4.92 Å². The van der Waals surface area contributed by atoms with Crippen molar-refractivity contribution < 1.29 is 14.5 Å². The Hall–Kier alpha value is -2.99. The minimum absolute atomic E-state index is 0.138. The van der Waals surface area contributed by atoms with E-state index in [1.54, 1.807) is 28.6 Å². The molecule has 0 saturated carbocycles. The number of likely N-dealkylation sites (tertiary alicyclic amines) is 1. The Kier molecular flexibility index (Phi) is 7.78. The van der Waals surface area contributed by atoms with Gasteiger partial charge in [0.1, 0.15) is 6.33 Å². The monoisotopic (exact) mass is 487 g/mol. The molecule has 34 heavy (non-hydrogen) atoms. The number of hydrogen-bond donors (Lipinski definition) is 0. The standard InChI is InChI=1S/C22H29N7O4S/c1-25-16-23-24-22(25)34-19-7-6-17(14-18(19)29(32)33)21(31)28-12-10-26(11-13-28)15-20(30)27-8-4-2-3-5-9-27/h6-7,14,16H,2-5,8-13,15H2,1H3. The highest BCUT2D eigenvalue weighted by molar-refractivity contribution is 7.99. The van der Waals surface area contributed by atoms with Crippen molar-refractivity contribution >= 4 is 29.3 Å². The fraction of sp³-hybridized carbons (Fsp3) is 0.545. The third-order valence-electron chi connectivity index (χ3n) is 6.25. The molecule has 3 heterocycles. The van der Waals surface area contributed by atoms with Crippen molar-refractivity contribution in [1.82, 2.24) is 29.5 Å². The van der Waals surface area contributed by atoms with E-state index in [0.29, 0.717) is 42.8 Å². The summed E-state index contributed by atoms with van der Waals surface area (Å²) in [5, 5.41) is 19.9. The van der Waals surface area contributed by atoms with Crippen LogP contribution >= 0.6 is 11.8 Å². The summed E-state index contributed by atoms with van der Waals surface area (Å²) in [6.45, 7) is 4.22. The average molecular weight is 488 g/mol. The number of carbonyl (C=O) groups is 2. The van der Waals surface area contributed by atoms with Gasteiger partial charge in [0.15, 0.2) is 5.16 Å². The number of nitrogens with zero attached hydrogens (tertiary/aromatic N) is 7. The number of hydrogen-bond acceptors (Lipinski definition) is 8. The van der Waals surface area contributed by atoms with Crippen molar-refractivity contribution in [2.75, 3.05) is 45.8 Å².